The first-order chi connectivity index (χ1) is 13.2. The maximum Gasteiger partial charge on any atom is 0.116 e. The fourth-order valence-electron chi connectivity index (χ4n) is 3.79. The van der Waals surface area contributed by atoms with Gasteiger partial charge in [-0.2, -0.15) is 0 Å². The lowest BCUT2D eigenvalue weighted by molar-refractivity contribution is 0.286. The highest BCUT2D eigenvalue weighted by atomic mass is 16.3. The minimum Gasteiger partial charge on any atom is -0.508 e. The Morgan fingerprint density at radius 3 is 2.74 bits per heavy atom. The zero-order valence-corrected chi connectivity index (χ0v) is 16.1. The Morgan fingerprint density at radius 1 is 1.04 bits per heavy atom. The number of aromatic hydroxyl groups is 1. The first kappa shape index (κ1) is 19.9. The Kier molecular flexibility index (Phi) is 7.69. The summed E-state index contributed by atoms with van der Waals surface area (Å²) in [6.07, 6.45) is 6.75. The highest BCUT2D eigenvalue weighted by Crippen LogP contribution is 2.27. The quantitative estimate of drug-likeness (QED) is 0.511. The van der Waals surface area contributed by atoms with E-state index in [-0.39, 0.29) is 6.61 Å². The second-order valence-corrected chi connectivity index (χ2v) is 7.53. The van der Waals surface area contributed by atoms with Gasteiger partial charge in [0.05, 0.1) is 0 Å². The van der Waals surface area contributed by atoms with Crippen molar-refractivity contribution >= 4 is 0 Å². The van der Waals surface area contributed by atoms with Crippen molar-refractivity contribution in [3.05, 3.63) is 53.6 Å². The number of hydrogen-bond donors (Lipinski definition) is 4. The Bertz CT molecular complexity index is 711. The van der Waals surface area contributed by atoms with Crippen molar-refractivity contribution in [2.45, 2.75) is 51.1 Å². The molecule has 27 heavy (non-hydrogen) atoms. The van der Waals surface area contributed by atoms with E-state index in [1.54, 1.807) is 0 Å². The summed E-state index contributed by atoms with van der Waals surface area (Å²) >= 11 is 0. The van der Waals surface area contributed by atoms with Crippen LogP contribution in [0.5, 0.6) is 5.75 Å². The summed E-state index contributed by atoms with van der Waals surface area (Å²) in [5.41, 5.74) is 4.61. The lowest BCUT2D eigenvalue weighted by Crippen LogP contribution is -2.34. The fraction of sp³-hybridized carbons (Fsp3) is 0.478. The van der Waals surface area contributed by atoms with Crippen LogP contribution in [0, 0.1) is 0 Å². The molecule has 3 rings (SSSR count). The van der Waals surface area contributed by atoms with Gasteiger partial charge in [-0.3, -0.25) is 0 Å². The third kappa shape index (κ3) is 6.35. The van der Waals surface area contributed by atoms with Crippen molar-refractivity contribution < 1.29 is 10.2 Å². The molecular formula is C23H32N2O2. The summed E-state index contributed by atoms with van der Waals surface area (Å²) in [6, 6.07) is 15.0. The van der Waals surface area contributed by atoms with E-state index < -0.39 is 0 Å². The van der Waals surface area contributed by atoms with Crippen LogP contribution in [0.4, 0.5) is 0 Å². The van der Waals surface area contributed by atoms with Crippen LogP contribution >= 0.6 is 0 Å². The number of rotatable bonds is 9. The van der Waals surface area contributed by atoms with Gasteiger partial charge in [0.25, 0.3) is 0 Å². The minimum atomic E-state index is 0.218. The molecule has 1 atom stereocenters. The van der Waals surface area contributed by atoms with E-state index in [2.05, 4.69) is 41.0 Å². The Balaban J connectivity index is 1.66. The number of phenols is 1. The molecule has 0 radical (unpaired) electrons. The molecule has 1 heterocycles. The first-order valence-electron chi connectivity index (χ1n) is 10.2. The zero-order valence-electron chi connectivity index (χ0n) is 16.1. The molecule has 0 aliphatic carbocycles. The van der Waals surface area contributed by atoms with Crippen LogP contribution in [0.2, 0.25) is 0 Å². The summed E-state index contributed by atoms with van der Waals surface area (Å²) in [7, 11) is 0. The van der Waals surface area contributed by atoms with Crippen molar-refractivity contribution in [2.24, 2.45) is 0 Å². The molecule has 1 aliphatic heterocycles. The second-order valence-electron chi connectivity index (χ2n) is 7.53. The maximum atomic E-state index is 10.2. The third-order valence-corrected chi connectivity index (χ3v) is 5.27. The third-order valence-electron chi connectivity index (χ3n) is 5.27. The highest BCUT2D eigenvalue weighted by molar-refractivity contribution is 5.66. The Hall–Kier alpha value is -1.88. The predicted octanol–water partition coefficient (Wildman–Crippen LogP) is 3.61. The molecule has 4 heteroatoms. The first-order valence-corrected chi connectivity index (χ1v) is 10.2. The Morgan fingerprint density at radius 2 is 1.93 bits per heavy atom. The largest absolute Gasteiger partial charge is 0.508 e. The van der Waals surface area contributed by atoms with Crippen LogP contribution in [0.1, 0.15) is 43.2 Å². The van der Waals surface area contributed by atoms with Gasteiger partial charge in [0, 0.05) is 19.2 Å². The van der Waals surface area contributed by atoms with Crippen molar-refractivity contribution in [1.29, 1.82) is 0 Å². The summed E-state index contributed by atoms with van der Waals surface area (Å²) in [6.45, 7) is 2.95. The monoisotopic (exact) mass is 368 g/mol. The van der Waals surface area contributed by atoms with Crippen LogP contribution in [0.3, 0.4) is 0 Å². The molecule has 1 saturated heterocycles. The van der Waals surface area contributed by atoms with Crippen LogP contribution < -0.4 is 10.6 Å². The number of aryl methyl sites for hydroxylation is 1. The SMILES string of the molecule is OCCCNCc1cccc(-c2cc(O)cc(CC[C@@H]3CCCCN3)c2)c1. The van der Waals surface area contributed by atoms with Crippen LogP contribution in [-0.2, 0) is 13.0 Å². The van der Waals surface area contributed by atoms with E-state index in [9.17, 15) is 5.11 Å². The van der Waals surface area contributed by atoms with Gasteiger partial charge in [0.1, 0.15) is 5.75 Å². The van der Waals surface area contributed by atoms with Crippen LogP contribution in [0.15, 0.2) is 42.5 Å². The molecule has 2 aromatic carbocycles. The number of nitrogens with one attached hydrogen (secondary N) is 2. The molecule has 0 amide bonds. The number of hydrogen-bond acceptors (Lipinski definition) is 4. The molecule has 0 aromatic heterocycles. The summed E-state index contributed by atoms with van der Waals surface area (Å²) in [5.74, 6) is 0.338. The van der Waals surface area contributed by atoms with Crippen molar-refractivity contribution in [1.82, 2.24) is 10.6 Å². The molecule has 0 saturated carbocycles. The topological polar surface area (TPSA) is 64.5 Å². The lowest BCUT2D eigenvalue weighted by atomic mass is 9.95. The maximum absolute atomic E-state index is 10.2. The number of aliphatic hydroxyl groups excluding tert-OH is 1. The van der Waals surface area contributed by atoms with Gasteiger partial charge in [-0.25, -0.2) is 0 Å². The van der Waals surface area contributed by atoms with Gasteiger partial charge in [0.15, 0.2) is 0 Å². The molecule has 4 N–H and O–H groups in total. The molecule has 0 bridgehead atoms. The van der Waals surface area contributed by atoms with Gasteiger partial charge < -0.3 is 20.8 Å². The number of aliphatic hydroxyl groups is 1. The van der Waals surface area contributed by atoms with E-state index in [0.717, 1.165) is 50.0 Å². The number of piperidine rings is 1. The van der Waals surface area contributed by atoms with Crippen molar-refractivity contribution in [3.63, 3.8) is 0 Å². The molecule has 4 nitrogen and oxygen atoms in total. The average molecular weight is 369 g/mol. The van der Waals surface area contributed by atoms with Crippen LogP contribution in [-0.4, -0.2) is 36.0 Å². The molecule has 146 valence electrons. The lowest BCUT2D eigenvalue weighted by Gasteiger charge is -2.23. The van der Waals surface area contributed by atoms with E-state index in [4.69, 9.17) is 5.11 Å². The summed E-state index contributed by atoms with van der Waals surface area (Å²) in [5, 5.41) is 26.0. The number of benzene rings is 2. The smallest absolute Gasteiger partial charge is 0.116 e. The van der Waals surface area contributed by atoms with E-state index >= 15 is 0 Å². The molecular weight excluding hydrogens is 336 g/mol. The zero-order chi connectivity index (χ0) is 18.9. The van der Waals surface area contributed by atoms with Gasteiger partial charge in [-0.15, -0.1) is 0 Å². The fourth-order valence-corrected chi connectivity index (χ4v) is 3.79. The molecule has 0 spiro atoms. The molecule has 0 unspecified atom stereocenters. The van der Waals surface area contributed by atoms with Crippen LogP contribution in [0.25, 0.3) is 11.1 Å². The highest BCUT2D eigenvalue weighted by Gasteiger charge is 2.13. The van der Waals surface area contributed by atoms with E-state index in [1.807, 2.05) is 12.1 Å². The van der Waals surface area contributed by atoms with Gasteiger partial charge in [0.2, 0.25) is 0 Å². The second kappa shape index (κ2) is 10.5. The van der Waals surface area contributed by atoms with Gasteiger partial charge >= 0.3 is 0 Å². The van der Waals surface area contributed by atoms with Crippen molar-refractivity contribution in [2.75, 3.05) is 19.7 Å². The predicted molar refractivity (Wildman–Crippen MR) is 111 cm³/mol. The average Bonchev–Trinajstić information content (AvgIpc) is 2.70. The van der Waals surface area contributed by atoms with E-state index in [0.29, 0.717) is 11.8 Å². The summed E-state index contributed by atoms with van der Waals surface area (Å²) in [4.78, 5) is 0. The van der Waals surface area contributed by atoms with Gasteiger partial charge in [-0.1, -0.05) is 30.7 Å². The van der Waals surface area contributed by atoms with E-state index in [1.165, 1.54) is 30.4 Å². The Labute approximate surface area is 162 Å². The minimum absolute atomic E-state index is 0.218. The van der Waals surface area contributed by atoms with Crippen molar-refractivity contribution in [3.8, 4) is 16.9 Å². The molecule has 1 aliphatic rings. The standard InChI is InChI=1S/C23H32N2O2/c26-12-4-10-24-17-19-5-3-6-20(14-19)21-13-18(15-23(27)16-21)8-9-22-7-1-2-11-25-22/h3,5-6,13-16,22,24-27H,1-2,4,7-12,17H2/t22-/m0/s1. The van der Waals surface area contributed by atoms with Gasteiger partial charge in [-0.05, 0) is 85.6 Å². The molecule has 2 aromatic rings. The summed E-state index contributed by atoms with van der Waals surface area (Å²) < 4.78 is 0. The number of phenolic OH excluding ortho intramolecular Hbond substituents is 1. The molecule has 1 fully saturated rings. The normalized spacial score (nSPS) is 17.1.